The Kier molecular flexibility index (Phi) is 4.29. The molecule has 2 nitrogen and oxygen atoms in total. The highest BCUT2D eigenvalue weighted by Crippen LogP contribution is 2.19. The molecule has 0 spiro atoms. The topological polar surface area (TPSA) is 40.5 Å². The molecular weight excluding hydrogens is 156 g/mol. The van der Waals surface area contributed by atoms with Crippen molar-refractivity contribution < 1.29 is 9.59 Å². The Morgan fingerprint density at radius 1 is 0.909 bits per heavy atom. The van der Waals surface area contributed by atoms with Crippen LogP contribution in [0.4, 0.5) is 0 Å². The van der Waals surface area contributed by atoms with Gasteiger partial charge < -0.3 is 9.59 Å². The summed E-state index contributed by atoms with van der Waals surface area (Å²) >= 11 is 0. The summed E-state index contributed by atoms with van der Waals surface area (Å²) in [6, 6.07) is 1.20. The van der Waals surface area contributed by atoms with Crippen LogP contribution < -0.4 is 0 Å². The highest BCUT2D eigenvalue weighted by Gasteiger charge is 2.30. The molecule has 0 aromatic rings. The minimum Gasteiger partial charge on any atom is -0.411 e. The van der Waals surface area contributed by atoms with E-state index in [1.807, 2.05) is 27.7 Å². The maximum absolute atomic E-state index is 9.55. The fraction of sp³-hybridized carbons (Fsp3) is 1.00. The average molecular weight is 176 g/mol. The summed E-state index contributed by atoms with van der Waals surface area (Å²) in [5.41, 5.74) is 0. The van der Waals surface area contributed by atoms with Gasteiger partial charge in [-0.15, -0.1) is 0 Å². The molecule has 0 saturated heterocycles. The van der Waals surface area contributed by atoms with Crippen molar-refractivity contribution in [2.75, 3.05) is 0 Å². The van der Waals surface area contributed by atoms with E-state index in [2.05, 4.69) is 0 Å². The zero-order valence-electron chi connectivity index (χ0n) is 7.96. The third-order valence-corrected chi connectivity index (χ3v) is 4.41. The predicted molar refractivity (Wildman–Crippen MR) is 49.5 cm³/mol. The van der Waals surface area contributed by atoms with Gasteiger partial charge in [0.2, 0.25) is 0 Å². The molecule has 0 aliphatic rings. The Labute approximate surface area is 70.5 Å². The predicted octanol–water partition coefficient (Wildman–Crippen LogP) is 1.73. The van der Waals surface area contributed by atoms with Gasteiger partial charge in [-0.3, -0.25) is 0 Å². The largest absolute Gasteiger partial charge is 0.411 e. The Hall–Kier alpha value is 0.137. The van der Waals surface area contributed by atoms with Gasteiger partial charge in [-0.2, -0.15) is 0 Å². The van der Waals surface area contributed by atoms with E-state index in [1.165, 1.54) is 0 Å². The Morgan fingerprint density at radius 3 is 1.36 bits per heavy atom. The first-order chi connectivity index (χ1) is 4.83. The Morgan fingerprint density at radius 2 is 1.18 bits per heavy atom. The molecule has 0 heterocycles. The lowest BCUT2D eigenvalue weighted by atomic mass is 10.3. The lowest BCUT2D eigenvalue weighted by Gasteiger charge is -2.21. The van der Waals surface area contributed by atoms with E-state index in [1.54, 1.807) is 0 Å². The van der Waals surface area contributed by atoms with Crippen LogP contribution in [0.2, 0.25) is 12.1 Å². The number of rotatable bonds is 4. The van der Waals surface area contributed by atoms with Crippen LogP contribution in [0.5, 0.6) is 0 Å². The fourth-order valence-electron chi connectivity index (χ4n) is 1.39. The molecule has 0 aliphatic heterocycles. The molecular formula is C8H20O2Si. The van der Waals surface area contributed by atoms with E-state index in [0.29, 0.717) is 23.9 Å². The molecule has 0 unspecified atom stereocenters. The zero-order valence-corrected chi connectivity index (χ0v) is 8.96. The average Bonchev–Trinajstić information content (AvgIpc) is 1.53. The van der Waals surface area contributed by atoms with E-state index in [9.17, 15) is 9.59 Å². The molecule has 0 amide bonds. The summed E-state index contributed by atoms with van der Waals surface area (Å²) in [7, 11) is -2.83. The van der Waals surface area contributed by atoms with E-state index >= 15 is 0 Å². The first-order valence-corrected chi connectivity index (χ1v) is 6.59. The minimum absolute atomic E-state index is 0.399. The third-order valence-electron chi connectivity index (χ3n) is 1.47. The van der Waals surface area contributed by atoms with Crippen molar-refractivity contribution in [2.45, 2.75) is 39.8 Å². The Bertz CT molecular complexity index is 98.7. The van der Waals surface area contributed by atoms with Crippen LogP contribution >= 0.6 is 0 Å². The molecule has 11 heavy (non-hydrogen) atoms. The molecule has 3 heteroatoms. The van der Waals surface area contributed by atoms with Crippen molar-refractivity contribution in [2.24, 2.45) is 11.8 Å². The SMILES string of the molecule is CC(C)C[Si](O)(O)CC(C)C. The van der Waals surface area contributed by atoms with Gasteiger partial charge in [0.1, 0.15) is 0 Å². The van der Waals surface area contributed by atoms with Crippen LogP contribution in [0.15, 0.2) is 0 Å². The van der Waals surface area contributed by atoms with Gasteiger partial charge in [0, 0.05) is 0 Å². The molecule has 0 rings (SSSR count). The van der Waals surface area contributed by atoms with E-state index in [-0.39, 0.29) is 0 Å². The summed E-state index contributed by atoms with van der Waals surface area (Å²) in [6.07, 6.45) is 0. The maximum Gasteiger partial charge on any atom is 0.333 e. The highest BCUT2D eigenvalue weighted by atomic mass is 28.4. The molecule has 0 fully saturated rings. The van der Waals surface area contributed by atoms with Gasteiger partial charge in [-0.1, -0.05) is 27.7 Å². The summed E-state index contributed by atoms with van der Waals surface area (Å²) in [6.45, 7) is 8.09. The third kappa shape index (κ3) is 6.53. The van der Waals surface area contributed by atoms with Crippen molar-refractivity contribution in [1.29, 1.82) is 0 Å². The fourth-order valence-corrected chi connectivity index (χ4v) is 4.17. The van der Waals surface area contributed by atoms with Gasteiger partial charge in [0.15, 0.2) is 0 Å². The molecule has 0 atom stereocenters. The molecule has 68 valence electrons. The van der Waals surface area contributed by atoms with Gasteiger partial charge in [0.05, 0.1) is 0 Å². The molecule has 0 bridgehead atoms. The maximum atomic E-state index is 9.55. The smallest absolute Gasteiger partial charge is 0.333 e. The molecule has 2 N–H and O–H groups in total. The Balaban J connectivity index is 3.79. The second-order valence-electron chi connectivity index (χ2n) is 4.18. The monoisotopic (exact) mass is 176 g/mol. The van der Waals surface area contributed by atoms with Crippen LogP contribution in [0.25, 0.3) is 0 Å². The normalized spacial score (nSPS) is 13.1. The van der Waals surface area contributed by atoms with Crippen LogP contribution in [0.1, 0.15) is 27.7 Å². The van der Waals surface area contributed by atoms with Crippen molar-refractivity contribution in [1.82, 2.24) is 0 Å². The highest BCUT2D eigenvalue weighted by molar-refractivity contribution is 6.64. The number of hydrogen-bond donors (Lipinski definition) is 2. The lowest BCUT2D eigenvalue weighted by Crippen LogP contribution is -2.37. The lowest BCUT2D eigenvalue weighted by molar-refractivity contribution is 0.337. The van der Waals surface area contributed by atoms with Gasteiger partial charge >= 0.3 is 8.56 Å². The number of hydrogen-bond acceptors (Lipinski definition) is 2. The van der Waals surface area contributed by atoms with Crippen molar-refractivity contribution in [3.63, 3.8) is 0 Å². The molecule has 0 radical (unpaired) electrons. The van der Waals surface area contributed by atoms with Crippen LogP contribution in [-0.4, -0.2) is 18.2 Å². The van der Waals surface area contributed by atoms with E-state index in [4.69, 9.17) is 0 Å². The molecule has 0 aromatic heterocycles. The summed E-state index contributed by atoms with van der Waals surface area (Å²) in [5.74, 6) is 0.797. The van der Waals surface area contributed by atoms with Gasteiger partial charge in [0.25, 0.3) is 0 Å². The molecule has 0 aromatic carbocycles. The van der Waals surface area contributed by atoms with Crippen molar-refractivity contribution in [3.8, 4) is 0 Å². The van der Waals surface area contributed by atoms with Gasteiger partial charge in [-0.05, 0) is 23.9 Å². The molecule has 0 saturated carbocycles. The minimum atomic E-state index is -2.83. The van der Waals surface area contributed by atoms with E-state index in [0.717, 1.165) is 0 Å². The van der Waals surface area contributed by atoms with E-state index < -0.39 is 8.56 Å². The second-order valence-corrected chi connectivity index (χ2v) is 6.96. The van der Waals surface area contributed by atoms with Crippen LogP contribution in [0.3, 0.4) is 0 Å². The zero-order chi connectivity index (χ0) is 9.07. The summed E-state index contributed by atoms with van der Waals surface area (Å²) < 4.78 is 0. The first-order valence-electron chi connectivity index (χ1n) is 4.28. The summed E-state index contributed by atoms with van der Waals surface area (Å²) in [5, 5.41) is 0. The van der Waals surface area contributed by atoms with Crippen molar-refractivity contribution in [3.05, 3.63) is 0 Å². The molecule has 0 aliphatic carbocycles. The summed E-state index contributed by atoms with van der Waals surface area (Å²) in [4.78, 5) is 19.1. The van der Waals surface area contributed by atoms with Gasteiger partial charge in [-0.25, -0.2) is 0 Å². The quantitative estimate of drug-likeness (QED) is 0.640. The second kappa shape index (κ2) is 4.23. The standard InChI is InChI=1S/C8H20O2Si/c1-7(2)5-11(9,10)6-8(3)4/h7-10H,5-6H2,1-4H3. The van der Waals surface area contributed by atoms with Crippen LogP contribution in [-0.2, 0) is 0 Å². The first kappa shape index (κ1) is 11.1. The van der Waals surface area contributed by atoms with Crippen molar-refractivity contribution >= 4 is 8.56 Å². The van der Waals surface area contributed by atoms with Crippen LogP contribution in [0, 0.1) is 11.8 Å².